The van der Waals surface area contributed by atoms with Crippen molar-refractivity contribution in [2.75, 3.05) is 5.32 Å². The highest BCUT2D eigenvalue weighted by Crippen LogP contribution is 2.56. The van der Waals surface area contributed by atoms with Crippen LogP contribution in [0.2, 0.25) is 5.15 Å². The molecule has 1 saturated carbocycles. The third-order valence-corrected chi connectivity index (χ3v) is 7.33. The Morgan fingerprint density at radius 3 is 2.68 bits per heavy atom. The van der Waals surface area contributed by atoms with Crippen molar-refractivity contribution in [2.24, 2.45) is 0 Å². The molecule has 0 radical (unpaired) electrons. The normalized spacial score (nSPS) is 21.7. The van der Waals surface area contributed by atoms with E-state index in [-0.39, 0.29) is 47.3 Å². The summed E-state index contributed by atoms with van der Waals surface area (Å²) in [5, 5.41) is 13.0. The van der Waals surface area contributed by atoms with Crippen molar-refractivity contribution in [3.05, 3.63) is 62.4 Å². The zero-order valence-corrected chi connectivity index (χ0v) is 19.4. The van der Waals surface area contributed by atoms with E-state index in [0.29, 0.717) is 29.3 Å². The van der Waals surface area contributed by atoms with E-state index in [1.54, 1.807) is 13.0 Å². The standard InChI is InChI=1S/C24H23ClF2N4O3/c1-12-10-14(13(2)28-16-4-5-17(25)29-19(16)21(33)34)18-15(11-12)20(32)31-9-8-23(22(31)30-18)6-3-7-24(23,26)27/h4-5,10-11,13,28H,3,6-9H2,1-2H3,(H,33,34)/t13-,23-/m1/s1. The average molecular weight is 489 g/mol. The highest BCUT2D eigenvalue weighted by Gasteiger charge is 2.62. The number of halogens is 3. The van der Waals surface area contributed by atoms with Crippen LogP contribution in [-0.4, -0.2) is 31.5 Å². The van der Waals surface area contributed by atoms with Crippen molar-refractivity contribution in [3.63, 3.8) is 0 Å². The first-order valence-corrected chi connectivity index (χ1v) is 11.5. The van der Waals surface area contributed by atoms with E-state index in [1.807, 2.05) is 13.0 Å². The smallest absolute Gasteiger partial charge is 0.356 e. The Bertz CT molecular complexity index is 1410. The Balaban J connectivity index is 1.67. The number of aromatic nitrogens is 3. The molecule has 34 heavy (non-hydrogen) atoms. The molecule has 0 amide bonds. The van der Waals surface area contributed by atoms with Gasteiger partial charge in [-0.15, -0.1) is 0 Å². The molecule has 178 valence electrons. The molecule has 3 aromatic rings. The minimum Gasteiger partial charge on any atom is -0.476 e. The Morgan fingerprint density at radius 2 is 2.00 bits per heavy atom. The zero-order valence-electron chi connectivity index (χ0n) is 18.7. The average Bonchev–Trinajstić information content (AvgIpc) is 3.30. The van der Waals surface area contributed by atoms with Gasteiger partial charge in [-0.3, -0.25) is 9.36 Å². The van der Waals surface area contributed by atoms with Gasteiger partial charge < -0.3 is 10.4 Å². The molecule has 10 heteroatoms. The number of alkyl halides is 2. The number of benzene rings is 1. The third kappa shape index (κ3) is 3.28. The van der Waals surface area contributed by atoms with Crippen molar-refractivity contribution >= 4 is 34.2 Å². The third-order valence-electron chi connectivity index (χ3n) is 7.12. The van der Waals surface area contributed by atoms with Crippen molar-refractivity contribution in [2.45, 2.75) is 63.5 Å². The Kier molecular flexibility index (Phi) is 5.16. The second kappa shape index (κ2) is 7.73. The Morgan fingerprint density at radius 1 is 1.24 bits per heavy atom. The van der Waals surface area contributed by atoms with Crippen molar-refractivity contribution in [1.29, 1.82) is 0 Å². The molecule has 1 fully saturated rings. The van der Waals surface area contributed by atoms with Crippen molar-refractivity contribution in [3.8, 4) is 0 Å². The number of carboxylic acids is 1. The fraction of sp³-hybridized carbons (Fsp3) is 0.417. The molecule has 0 bridgehead atoms. The number of carbonyl (C=O) groups is 1. The first kappa shape index (κ1) is 22.7. The highest BCUT2D eigenvalue weighted by atomic mass is 35.5. The van der Waals surface area contributed by atoms with Crippen LogP contribution in [0.1, 0.15) is 66.1 Å². The number of hydrogen-bond acceptors (Lipinski definition) is 5. The second-order valence-corrected chi connectivity index (χ2v) is 9.62. The number of pyridine rings is 1. The molecule has 0 saturated heterocycles. The van der Waals surface area contributed by atoms with Gasteiger partial charge in [-0.1, -0.05) is 17.7 Å². The Labute approximate surface area is 198 Å². The summed E-state index contributed by atoms with van der Waals surface area (Å²) in [6, 6.07) is 6.04. The summed E-state index contributed by atoms with van der Waals surface area (Å²) in [6.07, 6.45) is 0.673. The largest absolute Gasteiger partial charge is 0.476 e. The lowest BCUT2D eigenvalue weighted by atomic mass is 9.81. The van der Waals surface area contributed by atoms with E-state index in [2.05, 4.69) is 10.3 Å². The molecule has 2 aliphatic rings. The number of aromatic carboxylic acids is 1. The molecular formula is C24H23ClF2N4O3. The molecule has 2 N–H and O–H groups in total. The maximum absolute atomic E-state index is 15.0. The van der Waals surface area contributed by atoms with Gasteiger partial charge in [0.15, 0.2) is 5.69 Å². The minimum atomic E-state index is -2.92. The summed E-state index contributed by atoms with van der Waals surface area (Å²) < 4.78 is 31.5. The quantitative estimate of drug-likeness (QED) is 0.497. The van der Waals surface area contributed by atoms with Crippen LogP contribution in [-0.2, 0) is 12.0 Å². The summed E-state index contributed by atoms with van der Waals surface area (Å²) in [6.45, 7) is 3.86. The topological polar surface area (TPSA) is 97.1 Å². The van der Waals surface area contributed by atoms with E-state index in [1.165, 1.54) is 16.7 Å². The van der Waals surface area contributed by atoms with Crippen LogP contribution in [0, 0.1) is 6.92 Å². The number of aryl methyl sites for hydroxylation is 1. The van der Waals surface area contributed by atoms with Gasteiger partial charge in [0.1, 0.15) is 11.0 Å². The van der Waals surface area contributed by atoms with Crippen LogP contribution < -0.4 is 10.9 Å². The molecule has 3 heterocycles. The van der Waals surface area contributed by atoms with Crippen LogP contribution in [0.15, 0.2) is 29.1 Å². The highest BCUT2D eigenvalue weighted by molar-refractivity contribution is 6.29. The number of anilines is 1. The molecule has 1 aliphatic carbocycles. The van der Waals surface area contributed by atoms with Gasteiger partial charge in [-0.2, -0.15) is 0 Å². The van der Waals surface area contributed by atoms with Gasteiger partial charge in [0.25, 0.3) is 11.5 Å². The van der Waals surface area contributed by atoms with Crippen LogP contribution in [0.25, 0.3) is 10.9 Å². The van der Waals surface area contributed by atoms with E-state index in [9.17, 15) is 14.7 Å². The molecule has 1 spiro atoms. The van der Waals surface area contributed by atoms with Crippen LogP contribution in [0.3, 0.4) is 0 Å². The van der Waals surface area contributed by atoms with E-state index in [4.69, 9.17) is 16.6 Å². The number of fused-ring (bicyclic) bond motifs is 3. The molecule has 0 unspecified atom stereocenters. The van der Waals surface area contributed by atoms with Crippen LogP contribution >= 0.6 is 11.6 Å². The minimum absolute atomic E-state index is 0.0460. The summed E-state index contributed by atoms with van der Waals surface area (Å²) in [5.74, 6) is -4.01. The fourth-order valence-corrected chi connectivity index (χ4v) is 5.61. The number of rotatable bonds is 4. The number of nitrogens with zero attached hydrogens (tertiary/aromatic N) is 3. The zero-order chi connectivity index (χ0) is 24.4. The van der Waals surface area contributed by atoms with Crippen molar-refractivity contribution in [1.82, 2.24) is 14.5 Å². The number of carboxylic acid groups (broad SMARTS) is 1. The summed E-state index contributed by atoms with van der Waals surface area (Å²) in [5.41, 5.74) is 0.0361. The van der Waals surface area contributed by atoms with E-state index >= 15 is 8.78 Å². The second-order valence-electron chi connectivity index (χ2n) is 9.23. The van der Waals surface area contributed by atoms with Gasteiger partial charge in [-0.05, 0) is 56.9 Å². The maximum atomic E-state index is 15.0. The van der Waals surface area contributed by atoms with Crippen LogP contribution in [0.5, 0.6) is 0 Å². The first-order chi connectivity index (χ1) is 16.0. The van der Waals surface area contributed by atoms with Gasteiger partial charge in [0.05, 0.1) is 28.0 Å². The molecule has 5 rings (SSSR count). The lowest BCUT2D eigenvalue weighted by Gasteiger charge is -2.30. The number of hydrogen-bond donors (Lipinski definition) is 2. The lowest BCUT2D eigenvalue weighted by Crippen LogP contribution is -2.40. The lowest BCUT2D eigenvalue weighted by molar-refractivity contribution is -0.0584. The van der Waals surface area contributed by atoms with E-state index < -0.39 is 23.3 Å². The number of nitrogens with one attached hydrogen (secondary N) is 1. The monoisotopic (exact) mass is 488 g/mol. The summed E-state index contributed by atoms with van der Waals surface area (Å²) in [4.78, 5) is 33.6. The van der Waals surface area contributed by atoms with Gasteiger partial charge in [0.2, 0.25) is 0 Å². The predicted molar refractivity (Wildman–Crippen MR) is 124 cm³/mol. The molecule has 7 nitrogen and oxygen atoms in total. The Hall–Kier alpha value is -3.07. The van der Waals surface area contributed by atoms with Gasteiger partial charge in [0, 0.05) is 18.5 Å². The molecule has 1 aromatic carbocycles. The first-order valence-electron chi connectivity index (χ1n) is 11.1. The van der Waals surface area contributed by atoms with E-state index in [0.717, 1.165) is 5.56 Å². The molecular weight excluding hydrogens is 466 g/mol. The molecule has 2 atom stereocenters. The SMILES string of the molecule is Cc1cc([C@@H](C)Nc2ccc(Cl)nc2C(=O)O)c2nc3n(c(=O)c2c1)CC[C@]31CCCC1(F)F. The fourth-order valence-electron chi connectivity index (χ4n) is 5.46. The van der Waals surface area contributed by atoms with Gasteiger partial charge >= 0.3 is 5.97 Å². The van der Waals surface area contributed by atoms with Gasteiger partial charge in [-0.25, -0.2) is 23.5 Å². The molecule has 2 aromatic heterocycles. The maximum Gasteiger partial charge on any atom is 0.356 e. The predicted octanol–water partition coefficient (Wildman–Crippen LogP) is 5.09. The molecule has 1 aliphatic heterocycles. The summed E-state index contributed by atoms with van der Waals surface area (Å²) in [7, 11) is 0. The van der Waals surface area contributed by atoms with Crippen molar-refractivity contribution < 1.29 is 18.7 Å². The van der Waals surface area contributed by atoms with Crippen LogP contribution in [0.4, 0.5) is 14.5 Å². The summed E-state index contributed by atoms with van der Waals surface area (Å²) >= 11 is 5.86.